The molecule has 0 atom stereocenters. The summed E-state index contributed by atoms with van der Waals surface area (Å²) in [6, 6.07) is 7.62. The fourth-order valence-electron chi connectivity index (χ4n) is 4.25. The molecule has 0 radical (unpaired) electrons. The summed E-state index contributed by atoms with van der Waals surface area (Å²) in [4.78, 5) is 27.2. The van der Waals surface area contributed by atoms with Gasteiger partial charge in [0, 0.05) is 58.2 Å². The first-order valence-corrected chi connectivity index (χ1v) is 13.0. The van der Waals surface area contributed by atoms with Crippen LogP contribution in [0.1, 0.15) is 33.6 Å². The summed E-state index contributed by atoms with van der Waals surface area (Å²) in [7, 11) is 3.34. The van der Waals surface area contributed by atoms with Crippen LogP contribution in [0.25, 0.3) is 0 Å². The third-order valence-electron chi connectivity index (χ3n) is 6.03. The van der Waals surface area contributed by atoms with Crippen molar-refractivity contribution in [1.29, 1.82) is 0 Å². The molecule has 1 N–H and O–H groups in total. The van der Waals surface area contributed by atoms with Gasteiger partial charge in [0.15, 0.2) is 23.1 Å². The second-order valence-electron chi connectivity index (χ2n) is 9.96. The molecular weight excluding hydrogens is 579 g/mol. The number of nitrogens with zero attached hydrogens (tertiary/aromatic N) is 5. The number of methoxy groups -OCH3 is 2. The highest BCUT2D eigenvalue weighted by Crippen LogP contribution is 2.26. The number of hydrogen-bond donors (Lipinski definition) is 1. The zero-order chi connectivity index (χ0) is 26.7. The van der Waals surface area contributed by atoms with Gasteiger partial charge >= 0.3 is 6.09 Å². The van der Waals surface area contributed by atoms with E-state index < -0.39 is 5.60 Å². The Balaban J connectivity index is 0.000000748. The highest BCUT2D eigenvalue weighted by atomic mass is 35.5. The first-order chi connectivity index (χ1) is 17.8. The molecule has 2 saturated heterocycles. The molecule has 13 heteroatoms. The van der Waals surface area contributed by atoms with Crippen molar-refractivity contribution in [3.05, 3.63) is 36.7 Å². The lowest BCUT2D eigenvalue weighted by Gasteiger charge is -2.27. The van der Waals surface area contributed by atoms with E-state index in [4.69, 9.17) is 14.2 Å². The monoisotopic (exact) mass is 622 g/mol. The van der Waals surface area contributed by atoms with Crippen LogP contribution in [0.15, 0.2) is 36.7 Å². The largest absolute Gasteiger partial charge is 0.493 e. The van der Waals surface area contributed by atoms with E-state index >= 15 is 0 Å². The minimum atomic E-state index is -0.465. The van der Waals surface area contributed by atoms with Gasteiger partial charge in [0.25, 0.3) is 0 Å². The molecule has 0 aliphatic carbocycles. The molecule has 40 heavy (non-hydrogen) atoms. The molecule has 0 bridgehead atoms. The average Bonchev–Trinajstić information content (AvgIpc) is 3.32. The van der Waals surface area contributed by atoms with E-state index in [1.807, 2.05) is 51.2 Å². The van der Waals surface area contributed by atoms with Gasteiger partial charge in [-0.15, -0.1) is 37.2 Å². The number of halogens is 3. The molecule has 2 aromatic heterocycles. The van der Waals surface area contributed by atoms with Crippen LogP contribution in [0, 0.1) is 0 Å². The summed E-state index contributed by atoms with van der Waals surface area (Å²) in [5, 5.41) is 3.37. The van der Waals surface area contributed by atoms with Crippen molar-refractivity contribution in [2.45, 2.75) is 39.2 Å². The van der Waals surface area contributed by atoms with Crippen LogP contribution in [0.5, 0.6) is 11.5 Å². The normalized spacial score (nSPS) is 15.4. The van der Waals surface area contributed by atoms with Crippen LogP contribution in [0.3, 0.4) is 0 Å². The van der Waals surface area contributed by atoms with Crippen molar-refractivity contribution in [3.63, 3.8) is 0 Å². The maximum Gasteiger partial charge on any atom is 0.410 e. The summed E-state index contributed by atoms with van der Waals surface area (Å²) in [5.74, 6) is 3.41. The smallest absolute Gasteiger partial charge is 0.410 e. The van der Waals surface area contributed by atoms with Crippen molar-refractivity contribution < 1.29 is 19.0 Å². The van der Waals surface area contributed by atoms with Gasteiger partial charge in [0.2, 0.25) is 0 Å². The van der Waals surface area contributed by atoms with Crippen molar-refractivity contribution >= 4 is 55.0 Å². The fourth-order valence-corrected chi connectivity index (χ4v) is 4.25. The maximum absolute atomic E-state index is 12.2. The lowest BCUT2D eigenvalue weighted by Crippen LogP contribution is -2.39. The Labute approximate surface area is 257 Å². The Morgan fingerprint density at radius 1 is 0.775 bits per heavy atom. The molecule has 2 aromatic rings. The molecule has 4 heterocycles. The van der Waals surface area contributed by atoms with E-state index in [0.29, 0.717) is 19.6 Å². The Hall–Kier alpha value is -2.40. The number of carbonyl (C=O) groups is 1. The molecule has 228 valence electrons. The third-order valence-corrected chi connectivity index (χ3v) is 6.03. The van der Waals surface area contributed by atoms with Gasteiger partial charge in [-0.2, -0.15) is 0 Å². The van der Waals surface area contributed by atoms with Crippen LogP contribution < -0.4 is 24.6 Å². The van der Waals surface area contributed by atoms with Gasteiger partial charge in [0.1, 0.15) is 5.60 Å². The predicted molar refractivity (Wildman–Crippen MR) is 168 cm³/mol. The van der Waals surface area contributed by atoms with Crippen molar-refractivity contribution in [2.75, 3.05) is 76.4 Å². The summed E-state index contributed by atoms with van der Waals surface area (Å²) in [5.41, 5.74) is -0.465. The van der Waals surface area contributed by atoms with E-state index in [1.54, 1.807) is 25.3 Å². The minimum Gasteiger partial charge on any atom is -0.493 e. The summed E-state index contributed by atoms with van der Waals surface area (Å²) < 4.78 is 16.1. The number of carbonyl (C=O) groups excluding carboxylic acids is 1. The molecule has 0 aromatic carbocycles. The van der Waals surface area contributed by atoms with Crippen molar-refractivity contribution in [1.82, 2.24) is 20.2 Å². The first-order valence-electron chi connectivity index (χ1n) is 13.0. The molecule has 2 aliphatic heterocycles. The number of pyridine rings is 2. The van der Waals surface area contributed by atoms with E-state index in [1.165, 1.54) is 0 Å². The molecule has 10 nitrogen and oxygen atoms in total. The molecule has 2 fully saturated rings. The number of ether oxygens (including phenoxy) is 3. The molecule has 0 saturated carbocycles. The van der Waals surface area contributed by atoms with Gasteiger partial charge in [-0.25, -0.2) is 14.8 Å². The molecule has 1 amide bonds. The topological polar surface area (TPSA) is 92.3 Å². The van der Waals surface area contributed by atoms with E-state index in [-0.39, 0.29) is 43.3 Å². The fraction of sp³-hybridized carbons (Fsp3) is 0.593. The maximum atomic E-state index is 12.2. The average molecular weight is 624 g/mol. The zero-order valence-corrected chi connectivity index (χ0v) is 26.6. The quantitative estimate of drug-likeness (QED) is 0.521. The van der Waals surface area contributed by atoms with Crippen LogP contribution in [-0.2, 0) is 4.74 Å². The van der Waals surface area contributed by atoms with Gasteiger partial charge in [0.05, 0.1) is 14.2 Å². The zero-order valence-electron chi connectivity index (χ0n) is 24.1. The Morgan fingerprint density at radius 3 is 1.88 bits per heavy atom. The number of rotatable bonds is 4. The number of aromatic nitrogens is 2. The SMILES string of the molecule is COc1cccnc1N1CCCN(C(=O)OC(C)(C)C)CC1.COc1cccnc1N1CCCNCC1.Cl.Cl.Cl. The first kappa shape index (κ1) is 37.6. The number of nitrogens with one attached hydrogen (secondary N) is 1. The predicted octanol–water partition coefficient (Wildman–Crippen LogP) is 4.69. The highest BCUT2D eigenvalue weighted by molar-refractivity contribution is 5.86. The molecule has 0 spiro atoms. The highest BCUT2D eigenvalue weighted by Gasteiger charge is 2.25. The lowest BCUT2D eigenvalue weighted by atomic mass is 10.2. The Kier molecular flexibility index (Phi) is 17.7. The number of hydrogen-bond acceptors (Lipinski definition) is 9. The van der Waals surface area contributed by atoms with Crippen molar-refractivity contribution in [3.8, 4) is 11.5 Å². The van der Waals surface area contributed by atoms with Gasteiger partial charge < -0.3 is 34.2 Å². The van der Waals surface area contributed by atoms with E-state index in [0.717, 1.165) is 68.7 Å². The molecular formula is C27H45Cl3N6O4. The standard InChI is InChI=1S/C16H25N3O3.C11H17N3O.3ClH/c1-16(2,3)22-15(20)19-10-6-9-18(11-12-19)14-13(21-4)7-5-8-17-14;1-15-10-4-2-6-13-11(10)14-8-3-5-12-7-9-14;;;/h5,7-8H,6,9-12H2,1-4H3;2,4,6,12H,3,5,7-9H2,1H3;3*1H. The van der Waals surface area contributed by atoms with Crippen molar-refractivity contribution in [2.24, 2.45) is 0 Å². The molecule has 0 unspecified atom stereocenters. The summed E-state index contributed by atoms with van der Waals surface area (Å²) in [6.45, 7) is 12.7. The third kappa shape index (κ3) is 11.6. The van der Waals surface area contributed by atoms with Crippen LogP contribution >= 0.6 is 37.2 Å². The van der Waals surface area contributed by atoms with E-state index in [2.05, 4.69) is 25.1 Å². The summed E-state index contributed by atoms with van der Waals surface area (Å²) in [6.07, 6.45) is 5.35. The van der Waals surface area contributed by atoms with Gasteiger partial charge in [-0.1, -0.05) is 0 Å². The molecule has 4 rings (SSSR count). The lowest BCUT2D eigenvalue weighted by molar-refractivity contribution is 0.0263. The van der Waals surface area contributed by atoms with Gasteiger partial charge in [-0.3, -0.25) is 0 Å². The Bertz CT molecular complexity index is 991. The molecule has 2 aliphatic rings. The number of amides is 1. The second kappa shape index (κ2) is 18.9. The van der Waals surface area contributed by atoms with Crippen LogP contribution in [-0.4, -0.2) is 93.1 Å². The van der Waals surface area contributed by atoms with Crippen LogP contribution in [0.2, 0.25) is 0 Å². The number of anilines is 2. The van der Waals surface area contributed by atoms with Crippen LogP contribution in [0.4, 0.5) is 16.4 Å². The summed E-state index contributed by atoms with van der Waals surface area (Å²) >= 11 is 0. The van der Waals surface area contributed by atoms with Gasteiger partial charge in [-0.05, 0) is 64.4 Å². The Morgan fingerprint density at radius 2 is 1.32 bits per heavy atom. The van der Waals surface area contributed by atoms with E-state index in [9.17, 15) is 4.79 Å². The minimum absolute atomic E-state index is 0. The second-order valence-corrected chi connectivity index (χ2v) is 9.96.